The van der Waals surface area contributed by atoms with Gasteiger partial charge < -0.3 is 24.1 Å². The van der Waals surface area contributed by atoms with Crippen LogP contribution in [0.4, 0.5) is 10.5 Å². The molecule has 2 aliphatic heterocycles. The quantitative estimate of drug-likeness (QED) is 0.796. The number of para-hydroxylation sites is 1. The van der Waals surface area contributed by atoms with Gasteiger partial charge in [0.05, 0.1) is 25.9 Å². The maximum atomic E-state index is 11.9. The number of cyclic esters (lactones) is 1. The number of benzene rings is 2. The number of hydrogen-bond acceptors (Lipinski definition) is 6. The highest BCUT2D eigenvalue weighted by molar-refractivity contribution is 5.90. The Labute approximate surface area is 137 Å². The van der Waals surface area contributed by atoms with Crippen molar-refractivity contribution in [1.29, 1.82) is 0 Å². The van der Waals surface area contributed by atoms with Crippen molar-refractivity contribution in [1.82, 2.24) is 0 Å². The summed E-state index contributed by atoms with van der Waals surface area (Å²) in [7, 11) is 1.56. The van der Waals surface area contributed by atoms with Gasteiger partial charge in [-0.3, -0.25) is 4.90 Å². The van der Waals surface area contributed by atoms with Crippen LogP contribution < -0.4 is 19.1 Å². The van der Waals surface area contributed by atoms with Crippen LogP contribution >= 0.6 is 0 Å². The topological polar surface area (TPSA) is 77.5 Å². The molecule has 0 aromatic heterocycles. The summed E-state index contributed by atoms with van der Waals surface area (Å²) in [5.41, 5.74) is 0.615. The number of aliphatic hydroxyl groups excluding tert-OH is 1. The summed E-state index contributed by atoms with van der Waals surface area (Å²) in [5.74, 6) is 2.66. The van der Waals surface area contributed by atoms with Crippen molar-refractivity contribution in [3.63, 3.8) is 0 Å². The number of ether oxygens (including phenoxy) is 4. The fourth-order valence-corrected chi connectivity index (χ4v) is 2.72. The van der Waals surface area contributed by atoms with Crippen LogP contribution in [0.1, 0.15) is 0 Å². The van der Waals surface area contributed by atoms with Crippen LogP contribution in [0.2, 0.25) is 0 Å². The number of aliphatic hydroxyl groups is 1. The van der Waals surface area contributed by atoms with Crippen molar-refractivity contribution in [3.8, 4) is 28.7 Å². The second kappa shape index (κ2) is 5.61. The predicted molar refractivity (Wildman–Crippen MR) is 84.3 cm³/mol. The highest BCUT2D eigenvalue weighted by Crippen LogP contribution is 2.50. The molecular formula is C17H15NO6. The van der Waals surface area contributed by atoms with Crippen LogP contribution in [0.3, 0.4) is 0 Å². The number of rotatable bonds is 3. The Kier molecular flexibility index (Phi) is 3.42. The van der Waals surface area contributed by atoms with Crippen molar-refractivity contribution in [3.05, 3.63) is 36.4 Å². The summed E-state index contributed by atoms with van der Waals surface area (Å²) >= 11 is 0. The molecule has 2 heterocycles. The largest absolute Gasteiger partial charge is 0.493 e. The molecule has 1 N–H and O–H groups in total. The van der Waals surface area contributed by atoms with Gasteiger partial charge in [0, 0.05) is 6.07 Å². The van der Waals surface area contributed by atoms with Crippen molar-refractivity contribution >= 4 is 11.8 Å². The summed E-state index contributed by atoms with van der Waals surface area (Å²) in [6.07, 6.45) is -1.01. The number of carbonyl (C=O) groups is 1. The molecule has 1 saturated heterocycles. The predicted octanol–water partition coefficient (Wildman–Crippen LogP) is 2.91. The second-order valence-electron chi connectivity index (χ2n) is 5.42. The molecule has 4 rings (SSSR count). The zero-order valence-corrected chi connectivity index (χ0v) is 12.9. The fraction of sp³-hybridized carbons (Fsp3) is 0.235. The molecule has 0 spiro atoms. The van der Waals surface area contributed by atoms with Crippen molar-refractivity contribution in [2.45, 2.75) is 6.10 Å². The molecule has 1 fully saturated rings. The smallest absolute Gasteiger partial charge is 0.414 e. The minimum atomic E-state index is -0.518. The zero-order valence-electron chi connectivity index (χ0n) is 12.9. The molecule has 7 nitrogen and oxygen atoms in total. The van der Waals surface area contributed by atoms with E-state index in [4.69, 9.17) is 24.1 Å². The van der Waals surface area contributed by atoms with Crippen LogP contribution in [0.15, 0.2) is 36.4 Å². The Bertz CT molecular complexity index is 806. The normalized spacial score (nSPS) is 18.2. The average molecular weight is 329 g/mol. The van der Waals surface area contributed by atoms with Gasteiger partial charge in [-0.1, -0.05) is 6.07 Å². The third-order valence-corrected chi connectivity index (χ3v) is 3.91. The highest BCUT2D eigenvalue weighted by atomic mass is 16.6. The molecule has 1 atom stereocenters. The van der Waals surface area contributed by atoms with E-state index < -0.39 is 12.2 Å². The molecule has 0 bridgehead atoms. The molecule has 2 aliphatic rings. The zero-order chi connectivity index (χ0) is 16.7. The molecule has 0 aliphatic carbocycles. The molecule has 2 aromatic rings. The Morgan fingerprint density at radius 2 is 2.08 bits per heavy atom. The van der Waals surface area contributed by atoms with Gasteiger partial charge in [0.1, 0.15) is 6.10 Å². The standard InChI is InChI=1S/C17H15NO6/c1-21-13-3-2-4-14-16(13)24-12-6-5-10(7-15(12)23-14)18-8-11(9-19)22-17(18)20/h2-7,11,19H,8-9H2,1H3/t11-/m1/s1. The summed E-state index contributed by atoms with van der Waals surface area (Å²) < 4.78 is 22.1. The summed E-state index contributed by atoms with van der Waals surface area (Å²) in [4.78, 5) is 13.3. The third kappa shape index (κ3) is 2.30. The molecule has 7 heteroatoms. The highest BCUT2D eigenvalue weighted by Gasteiger charge is 2.33. The van der Waals surface area contributed by atoms with Crippen LogP contribution in [0.25, 0.3) is 0 Å². The molecule has 0 radical (unpaired) electrons. The van der Waals surface area contributed by atoms with Gasteiger partial charge >= 0.3 is 6.09 Å². The van der Waals surface area contributed by atoms with Crippen molar-refractivity contribution < 1.29 is 28.8 Å². The van der Waals surface area contributed by atoms with E-state index in [0.29, 0.717) is 41.0 Å². The minimum Gasteiger partial charge on any atom is -0.493 e. The van der Waals surface area contributed by atoms with Crippen molar-refractivity contribution in [2.75, 3.05) is 25.2 Å². The summed E-state index contributed by atoms with van der Waals surface area (Å²) in [5, 5.41) is 9.14. The average Bonchev–Trinajstić information content (AvgIpc) is 3.00. The number of methoxy groups -OCH3 is 1. The summed E-state index contributed by atoms with van der Waals surface area (Å²) in [6.45, 7) is 0.0827. The first-order valence-corrected chi connectivity index (χ1v) is 7.45. The van der Waals surface area contributed by atoms with Gasteiger partial charge in [-0.2, -0.15) is 0 Å². The monoisotopic (exact) mass is 329 g/mol. The van der Waals surface area contributed by atoms with Gasteiger partial charge in [-0.05, 0) is 24.3 Å². The van der Waals surface area contributed by atoms with Gasteiger partial charge in [0.15, 0.2) is 23.0 Å². The first kappa shape index (κ1) is 14.6. The van der Waals surface area contributed by atoms with E-state index in [1.165, 1.54) is 4.90 Å². The van der Waals surface area contributed by atoms with E-state index in [1.54, 1.807) is 43.5 Å². The molecular weight excluding hydrogens is 314 g/mol. The lowest BCUT2D eigenvalue weighted by molar-refractivity contribution is 0.0963. The van der Waals surface area contributed by atoms with E-state index in [2.05, 4.69) is 0 Å². The lowest BCUT2D eigenvalue weighted by atomic mass is 10.2. The summed E-state index contributed by atoms with van der Waals surface area (Å²) in [6, 6.07) is 10.5. The Hall–Kier alpha value is -2.93. The number of hydrogen-bond donors (Lipinski definition) is 1. The van der Waals surface area contributed by atoms with Crippen LogP contribution in [0, 0.1) is 0 Å². The number of fused-ring (bicyclic) bond motifs is 2. The lowest BCUT2D eigenvalue weighted by Crippen LogP contribution is -2.25. The van der Waals surface area contributed by atoms with E-state index in [-0.39, 0.29) is 6.61 Å². The molecule has 24 heavy (non-hydrogen) atoms. The van der Waals surface area contributed by atoms with Gasteiger partial charge in [-0.25, -0.2) is 4.79 Å². The number of amides is 1. The van der Waals surface area contributed by atoms with Gasteiger partial charge in [0.2, 0.25) is 5.75 Å². The van der Waals surface area contributed by atoms with E-state index in [9.17, 15) is 4.79 Å². The molecule has 1 amide bonds. The fourth-order valence-electron chi connectivity index (χ4n) is 2.72. The van der Waals surface area contributed by atoms with Crippen molar-refractivity contribution in [2.24, 2.45) is 0 Å². The van der Waals surface area contributed by atoms with Crippen LogP contribution in [-0.2, 0) is 4.74 Å². The van der Waals surface area contributed by atoms with Crippen LogP contribution in [-0.4, -0.2) is 37.6 Å². The second-order valence-corrected chi connectivity index (χ2v) is 5.42. The number of anilines is 1. The first-order chi connectivity index (χ1) is 11.7. The SMILES string of the molecule is COc1cccc2c1Oc1ccc(N3C[C@H](CO)OC3=O)cc1O2. The maximum absolute atomic E-state index is 11.9. The van der Waals surface area contributed by atoms with Crippen LogP contribution in [0.5, 0.6) is 28.7 Å². The Morgan fingerprint density at radius 1 is 1.21 bits per heavy atom. The number of nitrogens with zero attached hydrogens (tertiary/aromatic N) is 1. The molecule has 0 saturated carbocycles. The lowest BCUT2D eigenvalue weighted by Gasteiger charge is -2.23. The maximum Gasteiger partial charge on any atom is 0.414 e. The van der Waals surface area contributed by atoms with E-state index in [1.807, 2.05) is 0 Å². The third-order valence-electron chi connectivity index (χ3n) is 3.91. The molecule has 124 valence electrons. The Morgan fingerprint density at radius 3 is 2.83 bits per heavy atom. The Balaban J connectivity index is 1.65. The first-order valence-electron chi connectivity index (χ1n) is 7.45. The van der Waals surface area contributed by atoms with Gasteiger partial charge in [0.25, 0.3) is 0 Å². The van der Waals surface area contributed by atoms with Gasteiger partial charge in [-0.15, -0.1) is 0 Å². The minimum absolute atomic E-state index is 0.208. The van der Waals surface area contributed by atoms with E-state index >= 15 is 0 Å². The molecule has 0 unspecified atom stereocenters. The number of carbonyl (C=O) groups excluding carboxylic acids is 1. The molecule has 2 aromatic carbocycles. The van der Waals surface area contributed by atoms with E-state index in [0.717, 1.165) is 0 Å².